The van der Waals surface area contributed by atoms with Crippen LogP contribution < -0.4 is 4.31 Å². The van der Waals surface area contributed by atoms with Crippen molar-refractivity contribution in [3.05, 3.63) is 77.0 Å². The van der Waals surface area contributed by atoms with Gasteiger partial charge in [0.15, 0.2) is 16.7 Å². The van der Waals surface area contributed by atoms with Crippen LogP contribution in [0.4, 0.5) is 11.4 Å². The lowest BCUT2D eigenvalue weighted by Gasteiger charge is -2.22. The number of furan rings is 1. The summed E-state index contributed by atoms with van der Waals surface area (Å²) in [6.07, 6.45) is 1.51. The predicted octanol–water partition coefficient (Wildman–Crippen LogP) is 4.35. The molecule has 2 aromatic heterocycles. The quantitative estimate of drug-likeness (QED) is 0.266. The second-order valence-electron chi connectivity index (χ2n) is 6.84. The van der Waals surface area contributed by atoms with E-state index in [1.54, 1.807) is 61.0 Å². The lowest BCUT2D eigenvalue weighted by molar-refractivity contribution is -0.388. The van der Waals surface area contributed by atoms with E-state index in [4.69, 9.17) is 4.42 Å². The molecule has 2 aromatic carbocycles. The molecule has 0 saturated carbocycles. The molecule has 4 aromatic rings. The third-order valence-corrected chi connectivity index (χ3v) is 7.83. The Labute approximate surface area is 194 Å². The number of hydrogen-bond acceptors (Lipinski definition) is 8. The van der Waals surface area contributed by atoms with E-state index >= 15 is 0 Å². The normalized spacial score (nSPS) is 11.5. The fourth-order valence-corrected chi connectivity index (χ4v) is 5.59. The molecule has 0 bridgehead atoms. The SMILES string of the molecule is CCN(c1ccccc1)S(=O)(=O)c1ccc(Sc2nnc(-c3ccco3)n2C)c([N+](=O)[O-])c1. The molecule has 2 heterocycles. The Hall–Kier alpha value is -3.64. The third kappa shape index (κ3) is 4.34. The van der Waals surface area contributed by atoms with Crippen molar-refractivity contribution in [2.24, 2.45) is 7.05 Å². The Bertz CT molecular complexity index is 1390. The number of nitrogens with zero attached hydrogens (tertiary/aromatic N) is 5. The number of nitro groups is 1. The van der Waals surface area contributed by atoms with E-state index in [0.717, 1.165) is 17.8 Å². The van der Waals surface area contributed by atoms with Crippen molar-refractivity contribution < 1.29 is 17.8 Å². The molecule has 10 nitrogen and oxygen atoms in total. The first kappa shape index (κ1) is 22.6. The summed E-state index contributed by atoms with van der Waals surface area (Å²) in [6.45, 7) is 1.87. The second-order valence-corrected chi connectivity index (χ2v) is 9.71. The van der Waals surface area contributed by atoms with Crippen molar-refractivity contribution in [3.8, 4) is 11.6 Å². The zero-order valence-electron chi connectivity index (χ0n) is 17.7. The summed E-state index contributed by atoms with van der Waals surface area (Å²) >= 11 is 1.01. The van der Waals surface area contributed by atoms with Crippen LogP contribution in [0.5, 0.6) is 0 Å². The maximum Gasteiger partial charge on any atom is 0.284 e. The van der Waals surface area contributed by atoms with Gasteiger partial charge in [0.1, 0.15) is 0 Å². The molecular formula is C21H19N5O5S2. The van der Waals surface area contributed by atoms with Crippen molar-refractivity contribution in [1.29, 1.82) is 0 Å². The van der Waals surface area contributed by atoms with Crippen LogP contribution in [0, 0.1) is 10.1 Å². The summed E-state index contributed by atoms with van der Waals surface area (Å²) in [5.74, 6) is 0.971. The van der Waals surface area contributed by atoms with Crippen LogP contribution in [0.15, 0.2) is 86.3 Å². The Morgan fingerprint density at radius 3 is 2.52 bits per heavy atom. The molecule has 4 rings (SSSR count). The highest BCUT2D eigenvalue weighted by atomic mass is 32.2. The summed E-state index contributed by atoms with van der Waals surface area (Å²) in [7, 11) is -2.30. The minimum atomic E-state index is -4.01. The number of rotatable bonds is 8. The minimum Gasteiger partial charge on any atom is -0.461 e. The molecule has 0 amide bonds. The van der Waals surface area contributed by atoms with Gasteiger partial charge in [0.2, 0.25) is 0 Å². The molecule has 0 aliphatic heterocycles. The lowest BCUT2D eigenvalue weighted by atomic mass is 10.3. The topological polar surface area (TPSA) is 124 Å². The number of sulfonamides is 1. The van der Waals surface area contributed by atoms with E-state index in [1.165, 1.54) is 22.7 Å². The first-order valence-corrected chi connectivity index (χ1v) is 12.1. The highest BCUT2D eigenvalue weighted by molar-refractivity contribution is 7.99. The van der Waals surface area contributed by atoms with Gasteiger partial charge in [-0.15, -0.1) is 10.2 Å². The molecule has 33 heavy (non-hydrogen) atoms. The van der Waals surface area contributed by atoms with Gasteiger partial charge in [0.05, 0.1) is 26.7 Å². The molecule has 0 saturated heterocycles. The van der Waals surface area contributed by atoms with E-state index < -0.39 is 14.9 Å². The van der Waals surface area contributed by atoms with Crippen LogP contribution in [-0.2, 0) is 17.1 Å². The van der Waals surface area contributed by atoms with Crippen molar-refractivity contribution >= 4 is 33.2 Å². The zero-order valence-corrected chi connectivity index (χ0v) is 19.3. The highest BCUT2D eigenvalue weighted by Crippen LogP contribution is 2.37. The van der Waals surface area contributed by atoms with E-state index in [0.29, 0.717) is 22.4 Å². The van der Waals surface area contributed by atoms with E-state index in [9.17, 15) is 18.5 Å². The maximum atomic E-state index is 13.3. The first-order chi connectivity index (χ1) is 15.8. The third-order valence-electron chi connectivity index (χ3n) is 4.82. The Morgan fingerprint density at radius 2 is 1.88 bits per heavy atom. The summed E-state index contributed by atoms with van der Waals surface area (Å²) in [4.78, 5) is 11.3. The molecule has 0 unspecified atom stereocenters. The molecule has 0 radical (unpaired) electrons. The van der Waals surface area contributed by atoms with Gasteiger partial charge in [0, 0.05) is 19.7 Å². The van der Waals surface area contributed by atoms with Gasteiger partial charge in [-0.3, -0.25) is 14.4 Å². The van der Waals surface area contributed by atoms with Gasteiger partial charge >= 0.3 is 0 Å². The van der Waals surface area contributed by atoms with Gasteiger partial charge < -0.3 is 8.98 Å². The van der Waals surface area contributed by atoms with Crippen molar-refractivity contribution in [3.63, 3.8) is 0 Å². The van der Waals surface area contributed by atoms with Gasteiger partial charge in [-0.25, -0.2) is 8.42 Å². The number of para-hydroxylation sites is 1. The summed E-state index contributed by atoms with van der Waals surface area (Å²) in [5, 5.41) is 20.4. The largest absolute Gasteiger partial charge is 0.461 e. The van der Waals surface area contributed by atoms with Crippen LogP contribution in [0.2, 0.25) is 0 Å². The summed E-state index contributed by atoms with van der Waals surface area (Å²) < 4.78 is 34.7. The van der Waals surface area contributed by atoms with Crippen molar-refractivity contribution in [1.82, 2.24) is 14.8 Å². The molecule has 12 heteroatoms. The highest BCUT2D eigenvalue weighted by Gasteiger charge is 2.28. The van der Waals surface area contributed by atoms with Gasteiger partial charge in [-0.2, -0.15) is 0 Å². The van der Waals surface area contributed by atoms with Gasteiger partial charge in [-0.05, 0) is 55.1 Å². The Morgan fingerprint density at radius 1 is 1.12 bits per heavy atom. The van der Waals surface area contributed by atoms with Crippen LogP contribution in [-0.4, -0.2) is 34.7 Å². The summed E-state index contributed by atoms with van der Waals surface area (Å²) in [5.41, 5.74) is 0.137. The van der Waals surface area contributed by atoms with Crippen molar-refractivity contribution in [2.75, 3.05) is 10.8 Å². The molecule has 0 aliphatic carbocycles. The van der Waals surface area contributed by atoms with Crippen LogP contribution >= 0.6 is 11.8 Å². The van der Waals surface area contributed by atoms with E-state index in [1.807, 2.05) is 0 Å². The van der Waals surface area contributed by atoms with Crippen molar-refractivity contribution in [2.45, 2.75) is 21.9 Å². The molecule has 170 valence electrons. The monoisotopic (exact) mass is 485 g/mol. The molecule has 0 atom stereocenters. The molecule has 0 spiro atoms. The fraction of sp³-hybridized carbons (Fsp3) is 0.143. The van der Waals surface area contributed by atoms with E-state index in [2.05, 4.69) is 10.2 Å². The average Bonchev–Trinajstić information content (AvgIpc) is 3.45. The molecule has 0 fully saturated rings. The van der Waals surface area contributed by atoms with Crippen LogP contribution in [0.1, 0.15) is 6.92 Å². The number of nitro benzene ring substituents is 1. The number of aromatic nitrogens is 3. The first-order valence-electron chi connectivity index (χ1n) is 9.80. The van der Waals surface area contributed by atoms with E-state index in [-0.39, 0.29) is 22.0 Å². The maximum absolute atomic E-state index is 13.3. The average molecular weight is 486 g/mol. The smallest absolute Gasteiger partial charge is 0.284 e. The van der Waals surface area contributed by atoms with Gasteiger partial charge in [0.25, 0.3) is 15.7 Å². The Balaban J connectivity index is 1.70. The number of hydrogen-bond donors (Lipinski definition) is 0. The molecule has 0 aliphatic rings. The van der Waals surface area contributed by atoms with Gasteiger partial charge in [-0.1, -0.05) is 18.2 Å². The Kier molecular flexibility index (Phi) is 6.20. The second kappa shape index (κ2) is 9.08. The minimum absolute atomic E-state index is 0.168. The zero-order chi connectivity index (χ0) is 23.6. The molecular weight excluding hydrogens is 466 g/mol. The molecule has 0 N–H and O–H groups in total. The predicted molar refractivity (Wildman–Crippen MR) is 123 cm³/mol. The van der Waals surface area contributed by atoms with Crippen LogP contribution in [0.3, 0.4) is 0 Å². The van der Waals surface area contributed by atoms with Crippen LogP contribution in [0.25, 0.3) is 11.6 Å². The standard InChI is InChI=1S/C21H19N5O5S2/c1-3-25(15-8-5-4-6-9-15)33(29,30)16-11-12-19(17(14-16)26(27)28)32-21-23-22-20(24(21)2)18-10-7-13-31-18/h4-14H,3H2,1-2H3. The number of benzene rings is 2. The summed E-state index contributed by atoms with van der Waals surface area (Å²) in [6, 6.07) is 15.9. The lowest BCUT2D eigenvalue weighted by Crippen LogP contribution is -2.30. The number of anilines is 1. The fourth-order valence-electron chi connectivity index (χ4n) is 3.22.